The summed E-state index contributed by atoms with van der Waals surface area (Å²) in [6, 6.07) is 12.8. The molecule has 1 fully saturated rings. The van der Waals surface area contributed by atoms with E-state index in [-0.39, 0.29) is 17.6 Å². The van der Waals surface area contributed by atoms with E-state index in [1.54, 1.807) is 11.0 Å². The van der Waals surface area contributed by atoms with Gasteiger partial charge < -0.3 is 4.90 Å². The molecule has 6 heteroatoms. The van der Waals surface area contributed by atoms with Crippen molar-refractivity contribution < 1.29 is 14.0 Å². The summed E-state index contributed by atoms with van der Waals surface area (Å²) in [7, 11) is 0. The second kappa shape index (κ2) is 6.61. The Balaban J connectivity index is 1.70. The van der Waals surface area contributed by atoms with Gasteiger partial charge in [0.15, 0.2) is 0 Å². The summed E-state index contributed by atoms with van der Waals surface area (Å²) in [4.78, 5) is 28.8. The molecule has 2 unspecified atom stereocenters. The van der Waals surface area contributed by atoms with E-state index in [2.05, 4.69) is 0 Å². The fourth-order valence-electron chi connectivity index (χ4n) is 3.26. The molecule has 0 radical (unpaired) electrons. The lowest BCUT2D eigenvalue weighted by atomic mass is 10.1. The Kier molecular flexibility index (Phi) is 4.28. The minimum atomic E-state index is -0.479. The van der Waals surface area contributed by atoms with Gasteiger partial charge >= 0.3 is 6.03 Å². The molecule has 0 spiro atoms. The lowest BCUT2D eigenvalue weighted by molar-refractivity contribution is -0.119. The average molecular weight is 368 g/mol. The average Bonchev–Trinajstić information content (AvgIpc) is 3.10. The van der Waals surface area contributed by atoms with Gasteiger partial charge in [0.25, 0.3) is 5.91 Å². The number of halogens is 1. The molecule has 0 aliphatic carbocycles. The standard InChI is InChI=1S/C20H17FN2O2S/c1-13-5-7-14(8-6-13)12-22-17-9-10-26-18(17)19(24)23(20(22)25)16-4-2-3-15(21)11-16/h2-11,17-18H,12H2,1H3. The molecule has 2 heterocycles. The molecule has 2 aliphatic rings. The van der Waals surface area contributed by atoms with Crippen molar-refractivity contribution in [2.45, 2.75) is 24.8 Å². The number of benzene rings is 2. The van der Waals surface area contributed by atoms with E-state index < -0.39 is 17.1 Å². The van der Waals surface area contributed by atoms with Crippen molar-refractivity contribution in [2.24, 2.45) is 0 Å². The minimum absolute atomic E-state index is 0.264. The molecule has 132 valence electrons. The number of thioether (sulfide) groups is 1. The maximum Gasteiger partial charge on any atom is 0.332 e. The van der Waals surface area contributed by atoms with Crippen LogP contribution in [0.1, 0.15) is 11.1 Å². The number of hydrogen-bond acceptors (Lipinski definition) is 3. The molecule has 0 N–H and O–H groups in total. The zero-order valence-electron chi connectivity index (χ0n) is 14.1. The Morgan fingerprint density at radius 1 is 1.12 bits per heavy atom. The van der Waals surface area contributed by atoms with Crippen LogP contribution in [0, 0.1) is 12.7 Å². The van der Waals surface area contributed by atoms with Gasteiger partial charge in [-0.3, -0.25) is 4.79 Å². The molecule has 26 heavy (non-hydrogen) atoms. The second-order valence-corrected chi connectivity index (χ2v) is 7.48. The fraction of sp³-hybridized carbons (Fsp3) is 0.200. The van der Waals surface area contributed by atoms with Crippen molar-refractivity contribution in [3.05, 3.63) is 77.0 Å². The maximum atomic E-state index is 13.6. The number of rotatable bonds is 3. The third-order valence-electron chi connectivity index (χ3n) is 4.61. The van der Waals surface area contributed by atoms with Gasteiger partial charge in [-0.25, -0.2) is 14.1 Å². The molecule has 4 rings (SSSR count). The molecule has 1 saturated heterocycles. The van der Waals surface area contributed by atoms with Crippen LogP contribution in [0.4, 0.5) is 14.9 Å². The third-order valence-corrected chi connectivity index (χ3v) is 5.70. The smallest absolute Gasteiger partial charge is 0.312 e. The van der Waals surface area contributed by atoms with Crippen LogP contribution >= 0.6 is 11.8 Å². The van der Waals surface area contributed by atoms with Crippen LogP contribution in [0.3, 0.4) is 0 Å². The summed E-state index contributed by atoms with van der Waals surface area (Å²) < 4.78 is 13.6. The van der Waals surface area contributed by atoms with Crippen LogP contribution < -0.4 is 4.90 Å². The molecule has 2 atom stereocenters. The molecule has 0 saturated carbocycles. The van der Waals surface area contributed by atoms with Gasteiger partial charge in [0, 0.05) is 6.54 Å². The maximum absolute atomic E-state index is 13.6. The zero-order valence-corrected chi connectivity index (χ0v) is 14.9. The SMILES string of the molecule is Cc1ccc(CN2C(=O)N(c3cccc(F)c3)C(=O)C3SC=CC32)cc1. The number of carbonyl (C=O) groups excluding carboxylic acids is 2. The molecular weight excluding hydrogens is 351 g/mol. The molecular formula is C20H17FN2O2S. The number of fused-ring (bicyclic) bond motifs is 1. The van der Waals surface area contributed by atoms with Gasteiger partial charge in [-0.1, -0.05) is 42.0 Å². The molecule has 2 aromatic carbocycles. The van der Waals surface area contributed by atoms with E-state index in [0.29, 0.717) is 6.54 Å². The fourth-order valence-corrected chi connectivity index (χ4v) is 4.30. The van der Waals surface area contributed by atoms with Crippen LogP contribution in [-0.2, 0) is 11.3 Å². The molecule has 0 aromatic heterocycles. The van der Waals surface area contributed by atoms with Gasteiger partial charge in [0.2, 0.25) is 0 Å². The van der Waals surface area contributed by atoms with Crippen molar-refractivity contribution in [3.8, 4) is 0 Å². The first-order valence-electron chi connectivity index (χ1n) is 8.32. The highest BCUT2D eigenvalue weighted by molar-refractivity contribution is 8.03. The van der Waals surface area contributed by atoms with Crippen LogP contribution in [0.2, 0.25) is 0 Å². The van der Waals surface area contributed by atoms with Gasteiger partial charge in [0.1, 0.15) is 11.1 Å². The van der Waals surface area contributed by atoms with E-state index in [1.807, 2.05) is 42.7 Å². The van der Waals surface area contributed by atoms with Crippen LogP contribution in [0.25, 0.3) is 0 Å². The van der Waals surface area contributed by atoms with Crippen LogP contribution in [-0.4, -0.2) is 28.1 Å². The number of amides is 3. The van der Waals surface area contributed by atoms with Crippen molar-refractivity contribution >= 4 is 29.4 Å². The predicted octanol–water partition coefficient (Wildman–Crippen LogP) is 4.10. The zero-order chi connectivity index (χ0) is 18.3. The first-order chi connectivity index (χ1) is 12.5. The van der Waals surface area contributed by atoms with E-state index >= 15 is 0 Å². The summed E-state index contributed by atoms with van der Waals surface area (Å²) in [5.74, 6) is -0.784. The lowest BCUT2D eigenvalue weighted by Gasteiger charge is -2.41. The molecule has 0 bridgehead atoms. The number of urea groups is 1. The largest absolute Gasteiger partial charge is 0.332 e. The highest BCUT2D eigenvalue weighted by atomic mass is 32.2. The number of hydrogen-bond donors (Lipinski definition) is 0. The third kappa shape index (κ3) is 2.90. The summed E-state index contributed by atoms with van der Waals surface area (Å²) in [5, 5.41) is 1.46. The van der Waals surface area contributed by atoms with E-state index in [4.69, 9.17) is 0 Å². The van der Waals surface area contributed by atoms with Gasteiger partial charge in [-0.05, 0) is 36.1 Å². The Bertz CT molecular complexity index is 897. The molecule has 2 aliphatic heterocycles. The van der Waals surface area contributed by atoms with E-state index in [9.17, 15) is 14.0 Å². The topological polar surface area (TPSA) is 40.6 Å². The summed E-state index contributed by atoms with van der Waals surface area (Å²) >= 11 is 1.40. The highest BCUT2D eigenvalue weighted by Crippen LogP contribution is 2.37. The van der Waals surface area contributed by atoms with Crippen LogP contribution in [0.5, 0.6) is 0 Å². The predicted molar refractivity (Wildman–Crippen MR) is 100 cm³/mol. The number of imide groups is 1. The normalized spacial score (nSPS) is 22.1. The Morgan fingerprint density at radius 3 is 2.62 bits per heavy atom. The summed E-state index contributed by atoms with van der Waals surface area (Å²) in [6.07, 6.45) is 1.89. The van der Waals surface area contributed by atoms with Gasteiger partial charge in [-0.2, -0.15) is 0 Å². The number of anilines is 1. The number of carbonyl (C=O) groups is 2. The first kappa shape index (κ1) is 16.8. The van der Waals surface area contributed by atoms with E-state index in [1.165, 1.54) is 30.0 Å². The highest BCUT2D eigenvalue weighted by Gasteiger charge is 2.47. The monoisotopic (exact) mass is 368 g/mol. The van der Waals surface area contributed by atoms with Crippen molar-refractivity contribution in [1.82, 2.24) is 4.90 Å². The van der Waals surface area contributed by atoms with Gasteiger partial charge in [-0.15, -0.1) is 11.8 Å². The van der Waals surface area contributed by atoms with Crippen molar-refractivity contribution in [3.63, 3.8) is 0 Å². The lowest BCUT2D eigenvalue weighted by Crippen LogP contribution is -2.61. The molecule has 2 aromatic rings. The van der Waals surface area contributed by atoms with Crippen LogP contribution in [0.15, 0.2) is 60.0 Å². The molecule has 3 amide bonds. The van der Waals surface area contributed by atoms with Gasteiger partial charge in [0.05, 0.1) is 11.7 Å². The Labute approximate surface area is 155 Å². The first-order valence-corrected chi connectivity index (χ1v) is 9.27. The number of nitrogens with zero attached hydrogens (tertiary/aromatic N) is 2. The molecule has 4 nitrogen and oxygen atoms in total. The Morgan fingerprint density at radius 2 is 1.88 bits per heavy atom. The summed E-state index contributed by atoms with van der Waals surface area (Å²) in [5.41, 5.74) is 2.39. The summed E-state index contributed by atoms with van der Waals surface area (Å²) in [6.45, 7) is 2.40. The van der Waals surface area contributed by atoms with Crippen molar-refractivity contribution in [2.75, 3.05) is 4.90 Å². The minimum Gasteiger partial charge on any atom is -0.312 e. The van der Waals surface area contributed by atoms with E-state index in [0.717, 1.165) is 16.0 Å². The number of aryl methyl sites for hydroxylation is 1. The second-order valence-electron chi connectivity index (χ2n) is 6.43. The van der Waals surface area contributed by atoms with Crippen molar-refractivity contribution in [1.29, 1.82) is 0 Å². The Hall–Kier alpha value is -2.60. The quantitative estimate of drug-likeness (QED) is 0.819.